The Balaban J connectivity index is 1.92. The molecule has 0 aromatic rings. The van der Waals surface area contributed by atoms with Gasteiger partial charge in [0.25, 0.3) is 0 Å². The van der Waals surface area contributed by atoms with Gasteiger partial charge in [0, 0.05) is 13.0 Å². The van der Waals surface area contributed by atoms with Crippen LogP contribution in [0.5, 0.6) is 0 Å². The van der Waals surface area contributed by atoms with Crippen LogP contribution < -0.4 is 5.32 Å². The van der Waals surface area contributed by atoms with Crippen molar-refractivity contribution >= 4 is 35.2 Å². The van der Waals surface area contributed by atoms with Gasteiger partial charge < -0.3 is 25.0 Å². The summed E-state index contributed by atoms with van der Waals surface area (Å²) in [6.45, 7) is 6.95. The molecule has 1 amide bonds. The van der Waals surface area contributed by atoms with Gasteiger partial charge in [0.05, 0.1) is 17.5 Å². The predicted octanol–water partition coefficient (Wildman–Crippen LogP) is 4.47. The van der Waals surface area contributed by atoms with Gasteiger partial charge in [0.15, 0.2) is 6.10 Å². The summed E-state index contributed by atoms with van der Waals surface area (Å²) >= 11 is 7.78. The number of unbranched alkanes of at least 4 members (excludes halogenated alkanes) is 7. The number of hydrogen-bond donors (Lipinski definition) is 3. The van der Waals surface area contributed by atoms with Crippen LogP contribution in [-0.2, 0) is 19.1 Å². The Morgan fingerprint density at radius 2 is 1.72 bits per heavy atom. The number of likely N-dealkylation sites (tertiary alicyclic amines) is 1. The third-order valence-corrected chi connectivity index (χ3v) is 9.22. The molecule has 0 spiro atoms. The molecule has 8 nitrogen and oxygen atoms in total. The van der Waals surface area contributed by atoms with Gasteiger partial charge >= 0.3 is 5.97 Å². The molecule has 2 aliphatic rings. The van der Waals surface area contributed by atoms with Crippen LogP contribution in [0, 0.1) is 5.92 Å². The number of aliphatic hydroxyl groups excluding tert-OH is 2. The van der Waals surface area contributed by atoms with Crippen molar-refractivity contribution in [2.24, 2.45) is 5.92 Å². The minimum atomic E-state index is -1.38. The van der Waals surface area contributed by atoms with E-state index in [4.69, 9.17) is 21.1 Å². The van der Waals surface area contributed by atoms with Gasteiger partial charge in [0.2, 0.25) is 5.91 Å². The number of thioether (sulfide) groups is 1. The van der Waals surface area contributed by atoms with Crippen molar-refractivity contribution < 1.29 is 29.3 Å². The second-order valence-corrected chi connectivity index (χ2v) is 13.0. The van der Waals surface area contributed by atoms with E-state index in [0.717, 1.165) is 45.1 Å². The van der Waals surface area contributed by atoms with Gasteiger partial charge in [-0.25, -0.2) is 0 Å². The summed E-state index contributed by atoms with van der Waals surface area (Å²) in [4.78, 5) is 27.9. The Hall–Kier alpha value is -0.580. The molecule has 0 unspecified atom stereocenters. The van der Waals surface area contributed by atoms with E-state index in [0.29, 0.717) is 5.92 Å². The number of aliphatic hydroxyl groups is 2. The molecule has 0 aromatic carbocycles. The highest BCUT2D eigenvalue weighted by molar-refractivity contribution is 7.99. The van der Waals surface area contributed by atoms with Crippen LogP contribution in [0.25, 0.3) is 0 Å². The first kappa shape index (κ1) is 34.6. The lowest BCUT2D eigenvalue weighted by Crippen LogP contribution is -2.65. The lowest BCUT2D eigenvalue weighted by molar-refractivity contribution is -0.218. The van der Waals surface area contributed by atoms with Gasteiger partial charge in [-0.1, -0.05) is 65.2 Å². The molecule has 0 bridgehead atoms. The molecule has 0 aromatic heterocycles. The van der Waals surface area contributed by atoms with Crippen LogP contribution in [0.1, 0.15) is 97.8 Å². The Kier molecular flexibility index (Phi) is 16.0. The van der Waals surface area contributed by atoms with Gasteiger partial charge in [-0.3, -0.25) is 14.5 Å². The van der Waals surface area contributed by atoms with Gasteiger partial charge in [-0.05, 0) is 45.4 Å². The van der Waals surface area contributed by atoms with Crippen LogP contribution in [0.4, 0.5) is 0 Å². The van der Waals surface area contributed by atoms with E-state index in [9.17, 15) is 19.8 Å². The number of likely N-dealkylation sites (N-methyl/N-ethyl adjacent to an activating group) is 1. The summed E-state index contributed by atoms with van der Waals surface area (Å²) < 4.78 is 11.8. The molecule has 2 rings (SSSR count). The largest absolute Gasteiger partial charge is 0.456 e. The summed E-state index contributed by atoms with van der Waals surface area (Å²) in [5, 5.41) is 24.5. The first-order valence-electron chi connectivity index (χ1n) is 15.0. The van der Waals surface area contributed by atoms with Crippen LogP contribution in [0.2, 0.25) is 0 Å². The van der Waals surface area contributed by atoms with E-state index >= 15 is 0 Å². The average molecular weight is 593 g/mol. The molecule has 0 saturated carbocycles. The van der Waals surface area contributed by atoms with Gasteiger partial charge in [-0.15, -0.1) is 23.4 Å². The highest BCUT2D eigenvalue weighted by Crippen LogP contribution is 2.33. The number of rotatable bonds is 17. The van der Waals surface area contributed by atoms with E-state index in [-0.39, 0.29) is 18.4 Å². The number of alkyl halides is 1. The fraction of sp³-hybridized carbons (Fsp3) is 0.931. The van der Waals surface area contributed by atoms with Gasteiger partial charge in [0.1, 0.15) is 23.7 Å². The number of ether oxygens (including phenoxy) is 2. The minimum absolute atomic E-state index is 0.154. The normalized spacial score (nSPS) is 31.1. The number of amides is 1. The number of nitrogens with one attached hydrogen (secondary N) is 1. The number of carbonyl (C=O) groups is 2. The van der Waals surface area contributed by atoms with Crippen molar-refractivity contribution in [3.05, 3.63) is 0 Å². The van der Waals surface area contributed by atoms with E-state index < -0.39 is 47.2 Å². The van der Waals surface area contributed by atoms with Crippen LogP contribution in [0.3, 0.4) is 0 Å². The average Bonchev–Trinajstić information content (AvgIpc) is 3.27. The molecular weight excluding hydrogens is 540 g/mol. The van der Waals surface area contributed by atoms with Crippen molar-refractivity contribution in [2.75, 3.05) is 19.8 Å². The van der Waals surface area contributed by atoms with E-state index in [1.165, 1.54) is 43.9 Å². The molecule has 228 valence electrons. The summed E-state index contributed by atoms with van der Waals surface area (Å²) in [5.41, 5.74) is -0.700. The molecule has 9 atom stereocenters. The molecule has 2 saturated heterocycles. The zero-order valence-electron chi connectivity index (χ0n) is 24.6. The van der Waals surface area contributed by atoms with Crippen molar-refractivity contribution in [1.29, 1.82) is 0 Å². The molecular formula is C29H53ClN2O6S. The Morgan fingerprint density at radius 3 is 2.31 bits per heavy atom. The number of esters is 1. The minimum Gasteiger partial charge on any atom is -0.456 e. The van der Waals surface area contributed by atoms with Crippen molar-refractivity contribution in [2.45, 2.75) is 145 Å². The quantitative estimate of drug-likeness (QED) is 0.129. The maximum absolute atomic E-state index is 13.2. The maximum atomic E-state index is 13.2. The molecule has 39 heavy (non-hydrogen) atoms. The molecule has 10 heteroatoms. The monoisotopic (exact) mass is 592 g/mol. The lowest BCUT2D eigenvalue weighted by Gasteiger charge is -2.45. The van der Waals surface area contributed by atoms with E-state index in [2.05, 4.69) is 24.1 Å². The number of carbonyl (C=O) groups excluding carboxylic acids is 2. The lowest BCUT2D eigenvalue weighted by atomic mass is 9.92. The first-order chi connectivity index (χ1) is 18.6. The maximum Gasteiger partial charge on any atom is 0.306 e. The molecule has 2 aliphatic heterocycles. The topological polar surface area (TPSA) is 108 Å². The molecule has 0 aliphatic carbocycles. The summed E-state index contributed by atoms with van der Waals surface area (Å²) in [5.74, 6) is -0.0820. The third-order valence-electron chi connectivity index (χ3n) is 8.11. The van der Waals surface area contributed by atoms with Crippen molar-refractivity contribution in [1.82, 2.24) is 10.2 Å². The highest BCUT2D eigenvalue weighted by Gasteiger charge is 2.50. The number of nitrogens with zero attached hydrogens (tertiary/aromatic N) is 1. The second kappa shape index (κ2) is 18.1. The summed E-state index contributed by atoms with van der Waals surface area (Å²) in [6, 6.07) is -1.00. The Morgan fingerprint density at radius 1 is 1.08 bits per heavy atom. The fourth-order valence-electron chi connectivity index (χ4n) is 5.84. The number of halogens is 1. The molecule has 0 radical (unpaired) electrons. The molecule has 2 heterocycles. The standard InChI is InChI=1S/C29H53ClN2O6S/c1-6-8-9-10-11-12-13-14-16-22(33)37-27-25(35)24(34)26(38-29(27)39-5)23(19(3)30)31-28(36)21-17-20(15-7-2)18-32(21)4/h19-21,23-27,29,34-35H,6-18H2,1-5H3,(H,31,36)/t19-,20+,21-,23+,24+,25-,26+,27+,29+/m0/s1. The second-order valence-electron chi connectivity index (χ2n) is 11.4. The van der Waals surface area contributed by atoms with E-state index in [1.54, 1.807) is 13.2 Å². The SMILES string of the molecule is CCCCCCCCCCC(=O)O[C@@H]1[C@@H](O)[C@@H](O)[C@@H]([C@H](NC(=O)[C@@H]2C[C@@H](CCC)CN2C)[C@H](C)Cl)O[C@@H]1SC. The fourth-order valence-corrected chi connectivity index (χ4v) is 6.77. The molecule has 3 N–H and O–H groups in total. The summed E-state index contributed by atoms with van der Waals surface area (Å²) in [7, 11) is 1.95. The zero-order valence-corrected chi connectivity index (χ0v) is 26.2. The van der Waals surface area contributed by atoms with Crippen molar-refractivity contribution in [3.8, 4) is 0 Å². The first-order valence-corrected chi connectivity index (χ1v) is 16.7. The number of hydrogen-bond acceptors (Lipinski definition) is 8. The zero-order chi connectivity index (χ0) is 28.9. The van der Waals surface area contributed by atoms with Crippen LogP contribution in [-0.4, -0.2) is 94.2 Å². The Bertz CT molecular complexity index is 730. The van der Waals surface area contributed by atoms with Crippen LogP contribution in [0.15, 0.2) is 0 Å². The van der Waals surface area contributed by atoms with Gasteiger partial charge in [-0.2, -0.15) is 0 Å². The third kappa shape index (κ3) is 10.6. The van der Waals surface area contributed by atoms with Crippen LogP contribution >= 0.6 is 23.4 Å². The predicted molar refractivity (Wildman–Crippen MR) is 158 cm³/mol. The molecule has 2 fully saturated rings. The van der Waals surface area contributed by atoms with E-state index in [1.807, 2.05) is 7.05 Å². The van der Waals surface area contributed by atoms with Crippen molar-refractivity contribution in [3.63, 3.8) is 0 Å². The smallest absolute Gasteiger partial charge is 0.306 e. The Labute approximate surface area is 245 Å². The highest BCUT2D eigenvalue weighted by atomic mass is 35.5. The summed E-state index contributed by atoms with van der Waals surface area (Å²) in [6.07, 6.45) is 9.28.